The molecule has 9 heteroatoms. The smallest absolute Gasteiger partial charge is 0.328 e. The molecular weight excluding hydrogens is 537 g/mol. The first kappa shape index (κ1) is 32.4. The number of unbranched alkanes of at least 4 members (excludes halogenated alkanes) is 9. The number of thioether (sulfide) groups is 2. The summed E-state index contributed by atoms with van der Waals surface area (Å²) in [6.07, 6.45) is 15.0. The van der Waals surface area contributed by atoms with Crippen molar-refractivity contribution in [1.82, 2.24) is 9.55 Å². The van der Waals surface area contributed by atoms with E-state index in [0.29, 0.717) is 13.0 Å². The maximum absolute atomic E-state index is 12.0. The highest BCUT2D eigenvalue weighted by Gasteiger charge is 2.22. The quantitative estimate of drug-likeness (QED) is 0.141. The highest BCUT2D eigenvalue weighted by molar-refractivity contribution is 8.47. The number of nitrogens with one attached hydrogen (secondary N) is 1. The van der Waals surface area contributed by atoms with Crippen molar-refractivity contribution >= 4 is 45.2 Å². The molecule has 38 heavy (non-hydrogen) atoms. The molecule has 6 nitrogen and oxygen atoms in total. The summed E-state index contributed by atoms with van der Waals surface area (Å²) in [6.45, 7) is 4.32. The zero-order valence-electron chi connectivity index (χ0n) is 22.7. The fourth-order valence-corrected chi connectivity index (χ4v) is 7.07. The summed E-state index contributed by atoms with van der Waals surface area (Å²) in [4.78, 5) is 37.1. The van der Waals surface area contributed by atoms with Crippen molar-refractivity contribution in [3.8, 4) is 0 Å². The van der Waals surface area contributed by atoms with Crippen molar-refractivity contribution < 1.29 is 9.90 Å². The number of carboxylic acid groups (broad SMARTS) is 1. The van der Waals surface area contributed by atoms with Crippen LogP contribution in [0.4, 0.5) is 0 Å². The van der Waals surface area contributed by atoms with Gasteiger partial charge in [0.15, 0.2) is 0 Å². The molecule has 0 amide bonds. The summed E-state index contributed by atoms with van der Waals surface area (Å²) < 4.78 is 2.29. The molecule has 2 rings (SSSR count). The zero-order chi connectivity index (χ0) is 27.8. The number of H-pyrrole nitrogens is 1. The van der Waals surface area contributed by atoms with E-state index >= 15 is 0 Å². The first-order valence-electron chi connectivity index (χ1n) is 13.7. The van der Waals surface area contributed by atoms with E-state index in [2.05, 4.69) is 11.9 Å². The molecule has 0 fully saturated rings. The third-order valence-corrected chi connectivity index (χ3v) is 9.50. The average molecular weight is 579 g/mol. The lowest BCUT2D eigenvalue weighted by molar-refractivity contribution is -0.141. The maximum atomic E-state index is 12.0. The van der Waals surface area contributed by atoms with Crippen molar-refractivity contribution in [1.29, 1.82) is 0 Å². The van der Waals surface area contributed by atoms with Gasteiger partial charge in [-0.25, -0.2) is 4.79 Å². The average Bonchev–Trinajstić information content (AvgIpc) is 2.89. The third kappa shape index (κ3) is 12.8. The van der Waals surface area contributed by atoms with E-state index in [-0.39, 0.29) is 5.25 Å². The van der Waals surface area contributed by atoms with Crippen molar-refractivity contribution in [2.24, 2.45) is 5.92 Å². The van der Waals surface area contributed by atoms with Crippen molar-refractivity contribution in [3.05, 3.63) is 68.5 Å². The number of carbonyl (C=O) groups is 1. The van der Waals surface area contributed by atoms with E-state index in [1.165, 1.54) is 74.6 Å². The van der Waals surface area contributed by atoms with Gasteiger partial charge in [0.25, 0.3) is 5.56 Å². The number of hydrogen-bond acceptors (Lipinski definition) is 6. The van der Waals surface area contributed by atoms with E-state index < -0.39 is 23.1 Å². The standard InChI is InChI=1S/C29H42N2O4S3/c1-3-4-5-6-7-8-9-10-11-12-19-37-29(36)38-25(20-22(2)27(33)34)24-15-13-23(14-16-24)21-31-18-17-26(32)30-28(31)35/h13-18,22,25H,3-12,19-21H2,1-2H3,(H,33,34)(H,30,32,35). The second kappa shape index (κ2) is 18.4. The molecule has 2 N–H and O–H groups in total. The number of aliphatic carboxylic acids is 1. The number of thiocarbonyl (C=S) groups is 1. The van der Waals surface area contributed by atoms with Crippen LogP contribution in [0, 0.1) is 5.92 Å². The number of aromatic nitrogens is 2. The van der Waals surface area contributed by atoms with Gasteiger partial charge in [0, 0.05) is 17.5 Å². The normalized spacial score (nSPS) is 12.8. The van der Waals surface area contributed by atoms with Crippen LogP contribution in [0.15, 0.2) is 46.1 Å². The fourth-order valence-electron chi connectivity index (χ4n) is 4.17. The molecule has 2 aromatic rings. The molecule has 1 aromatic heterocycles. The molecule has 0 aliphatic rings. The zero-order valence-corrected chi connectivity index (χ0v) is 25.1. The van der Waals surface area contributed by atoms with Gasteiger partial charge in [0.05, 0.1) is 12.5 Å². The predicted molar refractivity (Wildman–Crippen MR) is 166 cm³/mol. The number of rotatable bonds is 18. The number of hydrogen-bond donors (Lipinski definition) is 2. The lowest BCUT2D eigenvalue weighted by Gasteiger charge is -2.20. The molecule has 0 bridgehead atoms. The van der Waals surface area contributed by atoms with Gasteiger partial charge in [0.2, 0.25) is 0 Å². The van der Waals surface area contributed by atoms with E-state index in [0.717, 1.165) is 26.8 Å². The van der Waals surface area contributed by atoms with Crippen LogP contribution in [0.25, 0.3) is 0 Å². The molecule has 0 saturated heterocycles. The van der Waals surface area contributed by atoms with Gasteiger partial charge in [-0.15, -0.1) is 11.8 Å². The molecule has 210 valence electrons. The van der Waals surface area contributed by atoms with Crippen LogP contribution in [0.5, 0.6) is 0 Å². The van der Waals surface area contributed by atoms with E-state index in [1.54, 1.807) is 30.4 Å². The van der Waals surface area contributed by atoms with E-state index in [9.17, 15) is 19.5 Å². The summed E-state index contributed by atoms with van der Waals surface area (Å²) in [7, 11) is 0. The van der Waals surface area contributed by atoms with Crippen LogP contribution in [0.3, 0.4) is 0 Å². The largest absolute Gasteiger partial charge is 0.481 e. The summed E-state index contributed by atoms with van der Waals surface area (Å²) in [5, 5.41) is 9.42. The number of nitrogens with zero attached hydrogens (tertiary/aromatic N) is 1. The Labute approximate surface area is 240 Å². The van der Waals surface area contributed by atoms with Gasteiger partial charge in [-0.3, -0.25) is 19.1 Å². The van der Waals surface area contributed by atoms with E-state index in [1.807, 2.05) is 24.3 Å². The van der Waals surface area contributed by atoms with E-state index in [4.69, 9.17) is 12.2 Å². The Kier molecular flexibility index (Phi) is 15.7. The summed E-state index contributed by atoms with van der Waals surface area (Å²) >= 11 is 8.94. The number of aromatic amines is 1. The van der Waals surface area contributed by atoms with Gasteiger partial charge in [-0.2, -0.15) is 0 Å². The minimum atomic E-state index is -0.811. The summed E-state index contributed by atoms with van der Waals surface area (Å²) in [5.74, 6) is -0.300. The molecule has 2 atom stereocenters. The van der Waals surface area contributed by atoms with Crippen LogP contribution in [-0.2, 0) is 11.3 Å². The van der Waals surface area contributed by atoms with Gasteiger partial charge in [-0.05, 0) is 29.7 Å². The van der Waals surface area contributed by atoms with Crippen LogP contribution in [0.2, 0.25) is 0 Å². The number of benzene rings is 1. The Balaban J connectivity index is 1.83. The van der Waals surface area contributed by atoms with Crippen LogP contribution < -0.4 is 11.2 Å². The first-order valence-corrected chi connectivity index (χ1v) is 16.0. The monoisotopic (exact) mass is 578 g/mol. The fraction of sp³-hybridized carbons (Fsp3) is 0.586. The topological polar surface area (TPSA) is 92.2 Å². The second-order valence-corrected chi connectivity index (χ2v) is 13.3. The lowest BCUT2D eigenvalue weighted by atomic mass is 10.00. The Hall–Kier alpha value is -1.84. The molecule has 0 aliphatic carbocycles. The van der Waals surface area contributed by atoms with Gasteiger partial charge in [-0.1, -0.05) is 120 Å². The Morgan fingerprint density at radius 1 is 0.974 bits per heavy atom. The van der Waals surface area contributed by atoms with Crippen molar-refractivity contribution in [2.45, 2.75) is 96.3 Å². The molecule has 0 saturated carbocycles. The number of carboxylic acids is 1. The molecular formula is C29H42N2O4S3. The van der Waals surface area contributed by atoms with Crippen molar-refractivity contribution in [3.63, 3.8) is 0 Å². The Morgan fingerprint density at radius 3 is 2.16 bits per heavy atom. The molecule has 1 heterocycles. The first-order chi connectivity index (χ1) is 18.3. The molecule has 0 radical (unpaired) electrons. The summed E-state index contributed by atoms with van der Waals surface area (Å²) in [6, 6.07) is 9.16. The molecule has 1 aromatic carbocycles. The van der Waals surface area contributed by atoms with Crippen LogP contribution >= 0.6 is 35.7 Å². The second-order valence-electron chi connectivity index (χ2n) is 9.84. The molecule has 0 spiro atoms. The Bertz CT molecular complexity index is 1100. The molecule has 2 unspecified atom stereocenters. The minimum absolute atomic E-state index is 0.0568. The maximum Gasteiger partial charge on any atom is 0.328 e. The SMILES string of the molecule is CCCCCCCCCCCCSC(=S)SC(CC(C)C(=O)O)c1ccc(Cn2ccc(=O)[nH]c2=O)cc1. The van der Waals surface area contributed by atoms with Gasteiger partial charge >= 0.3 is 11.7 Å². The van der Waals surface area contributed by atoms with Gasteiger partial charge in [0.1, 0.15) is 3.53 Å². The van der Waals surface area contributed by atoms with Crippen LogP contribution in [-0.4, -0.2) is 29.9 Å². The predicted octanol–water partition coefficient (Wildman–Crippen LogP) is 7.41. The minimum Gasteiger partial charge on any atom is -0.481 e. The Morgan fingerprint density at radius 2 is 1.58 bits per heavy atom. The van der Waals surface area contributed by atoms with Gasteiger partial charge < -0.3 is 5.11 Å². The highest BCUT2D eigenvalue weighted by Crippen LogP contribution is 2.39. The lowest BCUT2D eigenvalue weighted by Crippen LogP contribution is -2.28. The third-order valence-electron chi connectivity index (χ3n) is 6.55. The molecule has 0 aliphatic heterocycles. The summed E-state index contributed by atoms with van der Waals surface area (Å²) in [5.41, 5.74) is 1.06. The van der Waals surface area contributed by atoms with Crippen LogP contribution in [0.1, 0.15) is 101 Å². The van der Waals surface area contributed by atoms with Crippen molar-refractivity contribution in [2.75, 3.05) is 5.75 Å². The highest BCUT2D eigenvalue weighted by atomic mass is 32.2.